The van der Waals surface area contributed by atoms with Crippen molar-refractivity contribution in [2.24, 2.45) is 0 Å². The molecule has 0 radical (unpaired) electrons. The number of hydrogen-bond donors (Lipinski definition) is 1. The van der Waals surface area contributed by atoms with E-state index in [2.05, 4.69) is 5.32 Å². The Morgan fingerprint density at radius 3 is 2.15 bits per heavy atom. The zero-order chi connectivity index (χ0) is 29.7. The number of rotatable bonds is 10. The first kappa shape index (κ1) is 30.9. The van der Waals surface area contributed by atoms with E-state index in [9.17, 15) is 18.0 Å². The van der Waals surface area contributed by atoms with Crippen molar-refractivity contribution in [1.82, 2.24) is 10.2 Å². The second-order valence-electron chi connectivity index (χ2n) is 10.5. The smallest absolute Gasteiger partial charge is 0.264 e. The molecule has 0 aliphatic heterocycles. The zero-order valence-corrected chi connectivity index (χ0v) is 25.8. The number of para-hydroxylation sites is 1. The first-order chi connectivity index (χ1) is 19.5. The monoisotopic (exact) mass is 615 g/mol. The van der Waals surface area contributed by atoms with Crippen LogP contribution in [-0.2, 0) is 26.2 Å². The zero-order valence-electron chi connectivity index (χ0n) is 23.4. The maximum Gasteiger partial charge on any atom is 0.264 e. The van der Waals surface area contributed by atoms with Crippen molar-refractivity contribution in [3.05, 3.63) is 93.5 Å². The molecule has 3 aromatic carbocycles. The summed E-state index contributed by atoms with van der Waals surface area (Å²) in [4.78, 5) is 28.9. The van der Waals surface area contributed by atoms with Crippen LogP contribution in [-0.4, -0.2) is 43.8 Å². The molecule has 0 heterocycles. The normalized spacial score (nSPS) is 14.5. The standard InChI is InChI=1S/C31H35Cl2N3O4S/c1-21-15-17-25(18-16-21)41(39,40)36(29-14-7-4-9-22(29)2)20-30(37)35(19-26-27(32)12-8-13-28(26)33)23(3)31(38)34-24-10-5-6-11-24/h4,7-9,12-18,23-24H,5-6,10-11,19-20H2,1-3H3,(H,34,38)/t23-/m1/s1. The van der Waals surface area contributed by atoms with Gasteiger partial charge in [-0.2, -0.15) is 0 Å². The molecular weight excluding hydrogens is 581 g/mol. The van der Waals surface area contributed by atoms with Gasteiger partial charge < -0.3 is 10.2 Å². The number of halogens is 2. The summed E-state index contributed by atoms with van der Waals surface area (Å²) < 4.78 is 29.1. The van der Waals surface area contributed by atoms with Gasteiger partial charge in [-0.3, -0.25) is 13.9 Å². The van der Waals surface area contributed by atoms with E-state index < -0.39 is 28.5 Å². The van der Waals surface area contributed by atoms with E-state index in [1.54, 1.807) is 68.4 Å². The Bertz CT molecular complexity index is 1490. The molecule has 10 heteroatoms. The van der Waals surface area contributed by atoms with Crippen molar-refractivity contribution in [3.8, 4) is 0 Å². The Morgan fingerprint density at radius 1 is 0.927 bits per heavy atom. The molecular formula is C31H35Cl2N3O4S. The lowest BCUT2D eigenvalue weighted by atomic mass is 10.1. The van der Waals surface area contributed by atoms with E-state index in [0.29, 0.717) is 26.9 Å². The van der Waals surface area contributed by atoms with Crippen LogP contribution in [0.1, 0.15) is 49.3 Å². The highest BCUT2D eigenvalue weighted by Gasteiger charge is 2.34. The third-order valence-electron chi connectivity index (χ3n) is 7.53. The lowest BCUT2D eigenvalue weighted by Gasteiger charge is -2.33. The van der Waals surface area contributed by atoms with Gasteiger partial charge >= 0.3 is 0 Å². The highest BCUT2D eigenvalue weighted by molar-refractivity contribution is 7.92. The van der Waals surface area contributed by atoms with Gasteiger partial charge in [-0.25, -0.2) is 8.42 Å². The SMILES string of the molecule is Cc1ccc(S(=O)(=O)N(CC(=O)N(Cc2c(Cl)cccc2Cl)[C@H](C)C(=O)NC2CCCC2)c2ccccc2C)cc1. The molecule has 0 spiro atoms. The number of aryl methyl sites for hydroxylation is 2. The van der Waals surface area contributed by atoms with Crippen LogP contribution in [0, 0.1) is 13.8 Å². The van der Waals surface area contributed by atoms with Crippen molar-refractivity contribution in [3.63, 3.8) is 0 Å². The molecule has 1 aliphatic rings. The number of nitrogens with one attached hydrogen (secondary N) is 1. The van der Waals surface area contributed by atoms with Crippen LogP contribution >= 0.6 is 23.2 Å². The first-order valence-corrected chi connectivity index (χ1v) is 15.9. The molecule has 1 saturated carbocycles. The fraction of sp³-hybridized carbons (Fsp3) is 0.355. The minimum Gasteiger partial charge on any atom is -0.352 e. The number of carbonyl (C=O) groups is 2. The number of amides is 2. The van der Waals surface area contributed by atoms with E-state index >= 15 is 0 Å². The number of nitrogens with zero attached hydrogens (tertiary/aromatic N) is 2. The minimum atomic E-state index is -4.14. The summed E-state index contributed by atoms with van der Waals surface area (Å²) in [6, 6.07) is 17.6. The van der Waals surface area contributed by atoms with E-state index in [0.717, 1.165) is 35.6 Å². The molecule has 0 unspecified atom stereocenters. The molecule has 1 aliphatic carbocycles. The third-order valence-corrected chi connectivity index (χ3v) is 10.0. The average Bonchev–Trinajstić information content (AvgIpc) is 3.45. The van der Waals surface area contributed by atoms with E-state index in [-0.39, 0.29) is 23.4 Å². The Labute approximate surface area is 252 Å². The molecule has 1 N–H and O–H groups in total. The van der Waals surface area contributed by atoms with Crippen molar-refractivity contribution < 1.29 is 18.0 Å². The molecule has 41 heavy (non-hydrogen) atoms. The Kier molecular flexibility index (Phi) is 10.00. The molecule has 0 aromatic heterocycles. The molecule has 218 valence electrons. The predicted molar refractivity (Wildman–Crippen MR) is 164 cm³/mol. The van der Waals surface area contributed by atoms with Gasteiger partial charge in [-0.15, -0.1) is 0 Å². The average molecular weight is 617 g/mol. The van der Waals surface area contributed by atoms with Gasteiger partial charge in [-0.05, 0) is 69.5 Å². The van der Waals surface area contributed by atoms with E-state index in [1.807, 2.05) is 6.92 Å². The lowest BCUT2D eigenvalue weighted by molar-refractivity contribution is -0.139. The highest BCUT2D eigenvalue weighted by Crippen LogP contribution is 2.30. The summed E-state index contributed by atoms with van der Waals surface area (Å²) in [5, 5.41) is 3.75. The Balaban J connectivity index is 1.73. The Morgan fingerprint density at radius 2 is 1.54 bits per heavy atom. The van der Waals surface area contributed by atoms with Crippen LogP contribution in [0.25, 0.3) is 0 Å². The van der Waals surface area contributed by atoms with Crippen molar-refractivity contribution in [1.29, 1.82) is 0 Å². The van der Waals surface area contributed by atoms with Gasteiger partial charge in [0.05, 0.1) is 10.6 Å². The summed E-state index contributed by atoms with van der Waals surface area (Å²) in [6.45, 7) is 4.71. The fourth-order valence-corrected chi connectivity index (χ4v) is 7.02. The Hall–Kier alpha value is -3.07. The molecule has 4 rings (SSSR count). The topological polar surface area (TPSA) is 86.8 Å². The van der Waals surface area contributed by atoms with Crippen LogP contribution in [0.15, 0.2) is 71.6 Å². The maximum absolute atomic E-state index is 14.1. The highest BCUT2D eigenvalue weighted by atomic mass is 35.5. The lowest BCUT2D eigenvalue weighted by Crippen LogP contribution is -2.52. The summed E-state index contributed by atoms with van der Waals surface area (Å²) >= 11 is 12.9. The molecule has 2 amide bonds. The van der Waals surface area contributed by atoms with Crippen LogP contribution in [0.3, 0.4) is 0 Å². The van der Waals surface area contributed by atoms with Crippen LogP contribution < -0.4 is 9.62 Å². The number of hydrogen-bond acceptors (Lipinski definition) is 4. The number of carbonyl (C=O) groups excluding carboxylic acids is 2. The fourth-order valence-electron chi connectivity index (χ4n) is 5.02. The maximum atomic E-state index is 14.1. The largest absolute Gasteiger partial charge is 0.352 e. The van der Waals surface area contributed by atoms with Crippen molar-refractivity contribution in [2.75, 3.05) is 10.8 Å². The van der Waals surface area contributed by atoms with Gasteiger partial charge in [0.25, 0.3) is 10.0 Å². The van der Waals surface area contributed by atoms with Crippen molar-refractivity contribution >= 4 is 50.7 Å². The summed E-state index contributed by atoms with van der Waals surface area (Å²) in [5.41, 5.74) is 2.45. The van der Waals surface area contributed by atoms with Crippen molar-refractivity contribution in [2.45, 2.75) is 70.0 Å². The second kappa shape index (κ2) is 13.3. The molecule has 7 nitrogen and oxygen atoms in total. The van der Waals surface area contributed by atoms with Gasteiger partial charge in [0.2, 0.25) is 11.8 Å². The van der Waals surface area contributed by atoms with E-state index in [4.69, 9.17) is 23.2 Å². The van der Waals surface area contributed by atoms with Gasteiger partial charge in [-0.1, -0.05) is 78.0 Å². The number of anilines is 1. The van der Waals surface area contributed by atoms with Gasteiger partial charge in [0, 0.05) is 28.2 Å². The quantitative estimate of drug-likeness (QED) is 0.291. The molecule has 3 aromatic rings. The third kappa shape index (κ3) is 7.23. The second-order valence-corrected chi connectivity index (χ2v) is 13.2. The van der Waals surface area contributed by atoms with E-state index in [1.165, 1.54) is 17.0 Å². The summed E-state index contributed by atoms with van der Waals surface area (Å²) in [5.74, 6) is -0.869. The molecule has 1 atom stereocenters. The minimum absolute atomic E-state index is 0.0520. The first-order valence-electron chi connectivity index (χ1n) is 13.7. The summed E-state index contributed by atoms with van der Waals surface area (Å²) in [6.07, 6.45) is 3.86. The number of benzene rings is 3. The predicted octanol–water partition coefficient (Wildman–Crippen LogP) is 6.28. The van der Waals surface area contributed by atoms with Crippen LogP contribution in [0.2, 0.25) is 10.0 Å². The molecule has 1 fully saturated rings. The number of sulfonamides is 1. The molecule has 0 saturated heterocycles. The summed E-state index contributed by atoms with van der Waals surface area (Å²) in [7, 11) is -4.14. The van der Waals surface area contributed by atoms with Gasteiger partial charge in [0.1, 0.15) is 12.6 Å². The van der Waals surface area contributed by atoms with Gasteiger partial charge in [0.15, 0.2) is 0 Å². The van der Waals surface area contributed by atoms with Crippen LogP contribution in [0.5, 0.6) is 0 Å². The molecule has 0 bridgehead atoms. The van der Waals surface area contributed by atoms with Crippen LogP contribution in [0.4, 0.5) is 5.69 Å².